The van der Waals surface area contributed by atoms with E-state index < -0.39 is 11.5 Å². The highest BCUT2D eigenvalue weighted by molar-refractivity contribution is 5.98. The predicted octanol–water partition coefficient (Wildman–Crippen LogP) is 2.91. The summed E-state index contributed by atoms with van der Waals surface area (Å²) in [6.45, 7) is 1.89. The molecule has 0 unspecified atom stereocenters. The topological polar surface area (TPSA) is 75.6 Å². The van der Waals surface area contributed by atoms with Gasteiger partial charge in [-0.25, -0.2) is 4.79 Å². The lowest BCUT2D eigenvalue weighted by atomic mass is 9.89. The number of hydrogen-bond donors (Lipinski definition) is 2. The third-order valence-electron chi connectivity index (χ3n) is 4.39. The molecule has 1 fully saturated rings. The number of ether oxygens (including phenoxy) is 1. The molecule has 1 amide bonds. The van der Waals surface area contributed by atoms with Crippen molar-refractivity contribution in [1.29, 1.82) is 0 Å². The van der Waals surface area contributed by atoms with Gasteiger partial charge in [-0.3, -0.25) is 4.79 Å². The first kappa shape index (κ1) is 16.3. The van der Waals surface area contributed by atoms with Gasteiger partial charge in [-0.05, 0) is 37.5 Å². The molecule has 0 aliphatic heterocycles. The summed E-state index contributed by atoms with van der Waals surface area (Å²) in [6, 6.07) is 5.14. The zero-order valence-corrected chi connectivity index (χ0v) is 13.1. The number of benzene rings is 1. The zero-order valence-electron chi connectivity index (χ0n) is 13.1. The number of carboxylic acid groups (broad SMARTS) is 1. The number of carboxylic acids is 1. The Morgan fingerprint density at radius 2 is 1.82 bits per heavy atom. The van der Waals surface area contributed by atoms with Crippen molar-refractivity contribution in [2.24, 2.45) is 0 Å². The summed E-state index contributed by atoms with van der Waals surface area (Å²) in [6.07, 6.45) is 4.65. The highest BCUT2D eigenvalue weighted by Crippen LogP contribution is 2.28. The number of amides is 1. The van der Waals surface area contributed by atoms with E-state index in [4.69, 9.17) is 4.74 Å². The van der Waals surface area contributed by atoms with Crippen LogP contribution in [0.25, 0.3) is 0 Å². The zero-order chi connectivity index (χ0) is 16.2. The molecule has 0 aromatic heterocycles. The average Bonchev–Trinajstić information content (AvgIpc) is 2.74. The normalized spacial score (nSPS) is 17.4. The molecule has 22 heavy (non-hydrogen) atoms. The maximum absolute atomic E-state index is 12.5. The minimum absolute atomic E-state index is 0.359. The summed E-state index contributed by atoms with van der Waals surface area (Å²) in [5.41, 5.74) is 0.208. The number of nitrogens with one attached hydrogen (secondary N) is 1. The molecule has 0 saturated heterocycles. The van der Waals surface area contributed by atoms with Gasteiger partial charge in [0.1, 0.15) is 11.3 Å². The summed E-state index contributed by atoms with van der Waals surface area (Å²) < 4.78 is 5.22. The highest BCUT2D eigenvalue weighted by Gasteiger charge is 2.40. The second-order valence-corrected chi connectivity index (χ2v) is 5.94. The Morgan fingerprint density at radius 1 is 1.18 bits per heavy atom. The van der Waals surface area contributed by atoms with Crippen LogP contribution in [0.2, 0.25) is 0 Å². The molecule has 0 heterocycles. The van der Waals surface area contributed by atoms with Crippen LogP contribution in [0.5, 0.6) is 5.75 Å². The van der Waals surface area contributed by atoms with Gasteiger partial charge in [-0.2, -0.15) is 0 Å². The van der Waals surface area contributed by atoms with Gasteiger partial charge in [-0.15, -0.1) is 0 Å². The van der Waals surface area contributed by atoms with Crippen molar-refractivity contribution < 1.29 is 19.4 Å². The lowest BCUT2D eigenvalue weighted by Crippen LogP contribution is -2.54. The number of carbonyl (C=O) groups is 2. The van der Waals surface area contributed by atoms with Crippen LogP contribution in [-0.2, 0) is 4.79 Å². The van der Waals surface area contributed by atoms with Crippen molar-refractivity contribution in [2.75, 3.05) is 7.11 Å². The number of carbonyl (C=O) groups excluding carboxylic acids is 1. The van der Waals surface area contributed by atoms with E-state index in [2.05, 4.69) is 5.32 Å². The molecule has 5 nitrogen and oxygen atoms in total. The first-order chi connectivity index (χ1) is 10.5. The van der Waals surface area contributed by atoms with Crippen molar-refractivity contribution >= 4 is 11.9 Å². The summed E-state index contributed by atoms with van der Waals surface area (Å²) in [5.74, 6) is -0.678. The van der Waals surface area contributed by atoms with Crippen LogP contribution >= 0.6 is 0 Å². The Hall–Kier alpha value is -2.04. The van der Waals surface area contributed by atoms with Crippen molar-refractivity contribution in [3.63, 3.8) is 0 Å². The van der Waals surface area contributed by atoms with Crippen LogP contribution in [0.3, 0.4) is 0 Å². The summed E-state index contributed by atoms with van der Waals surface area (Å²) in [7, 11) is 1.55. The fraction of sp³-hybridized carbons (Fsp3) is 0.529. The quantitative estimate of drug-likeness (QED) is 0.839. The van der Waals surface area contributed by atoms with E-state index in [1.54, 1.807) is 25.3 Å². The second-order valence-electron chi connectivity index (χ2n) is 5.94. The van der Waals surface area contributed by atoms with Gasteiger partial charge in [0.2, 0.25) is 0 Å². The minimum atomic E-state index is -1.15. The average molecular weight is 305 g/mol. The molecule has 1 aliphatic carbocycles. The third-order valence-corrected chi connectivity index (χ3v) is 4.39. The van der Waals surface area contributed by atoms with Crippen molar-refractivity contribution in [1.82, 2.24) is 5.32 Å². The Bertz CT molecular complexity index is 560. The fourth-order valence-electron chi connectivity index (χ4n) is 2.98. The molecule has 2 rings (SSSR count). The van der Waals surface area contributed by atoms with Crippen molar-refractivity contribution in [3.05, 3.63) is 29.3 Å². The molecule has 0 bridgehead atoms. The van der Waals surface area contributed by atoms with E-state index in [0.717, 1.165) is 31.2 Å². The Balaban J connectivity index is 2.22. The minimum Gasteiger partial charge on any atom is -0.496 e. The fourth-order valence-corrected chi connectivity index (χ4v) is 2.98. The van der Waals surface area contributed by atoms with Crippen LogP contribution in [0.1, 0.15) is 54.4 Å². The number of rotatable bonds is 4. The van der Waals surface area contributed by atoms with E-state index in [9.17, 15) is 14.7 Å². The van der Waals surface area contributed by atoms with Gasteiger partial charge >= 0.3 is 5.97 Å². The summed E-state index contributed by atoms with van der Waals surface area (Å²) >= 11 is 0. The third kappa shape index (κ3) is 3.40. The van der Waals surface area contributed by atoms with Crippen LogP contribution in [-0.4, -0.2) is 29.6 Å². The smallest absolute Gasteiger partial charge is 0.329 e. The van der Waals surface area contributed by atoms with Gasteiger partial charge in [0.15, 0.2) is 0 Å². The van der Waals surface area contributed by atoms with Crippen LogP contribution in [0, 0.1) is 6.92 Å². The number of methoxy groups -OCH3 is 1. The molecule has 0 atom stereocenters. The standard InChI is InChI=1S/C17H23NO4/c1-12-7-8-13(11-14(12)22-2)15(19)18-17(16(20)21)9-5-3-4-6-10-17/h7-8,11H,3-6,9-10H2,1-2H3,(H,18,19)(H,20,21). The van der Waals surface area contributed by atoms with Crippen LogP contribution < -0.4 is 10.1 Å². The number of hydrogen-bond acceptors (Lipinski definition) is 3. The maximum Gasteiger partial charge on any atom is 0.329 e. The highest BCUT2D eigenvalue weighted by atomic mass is 16.5. The summed E-state index contributed by atoms with van der Waals surface area (Å²) in [5, 5.41) is 12.4. The van der Waals surface area contributed by atoms with E-state index >= 15 is 0 Å². The van der Waals surface area contributed by atoms with Crippen molar-refractivity contribution in [2.45, 2.75) is 51.0 Å². The SMILES string of the molecule is COc1cc(C(=O)NC2(C(=O)O)CCCCCC2)ccc1C. The molecule has 2 N–H and O–H groups in total. The first-order valence-electron chi connectivity index (χ1n) is 7.69. The molecule has 1 aliphatic rings. The second kappa shape index (κ2) is 6.81. The van der Waals surface area contributed by atoms with E-state index in [-0.39, 0.29) is 5.91 Å². The predicted molar refractivity (Wildman–Crippen MR) is 83.3 cm³/mol. The number of aliphatic carboxylic acids is 1. The van der Waals surface area contributed by atoms with Crippen LogP contribution in [0.15, 0.2) is 18.2 Å². The monoisotopic (exact) mass is 305 g/mol. The lowest BCUT2D eigenvalue weighted by molar-refractivity contribution is -0.145. The maximum atomic E-state index is 12.5. The number of aryl methyl sites for hydroxylation is 1. The van der Waals surface area contributed by atoms with Gasteiger partial charge in [0.25, 0.3) is 5.91 Å². The van der Waals surface area contributed by atoms with Gasteiger partial charge in [0, 0.05) is 5.56 Å². The Kier molecular flexibility index (Phi) is 5.06. The summed E-state index contributed by atoms with van der Waals surface area (Å²) in [4.78, 5) is 24.2. The van der Waals surface area contributed by atoms with Gasteiger partial charge in [0.05, 0.1) is 7.11 Å². The Morgan fingerprint density at radius 3 is 2.36 bits per heavy atom. The Labute approximate surface area is 130 Å². The molecular weight excluding hydrogens is 282 g/mol. The molecule has 0 radical (unpaired) electrons. The molecule has 1 saturated carbocycles. The molecule has 1 aromatic carbocycles. The van der Waals surface area contributed by atoms with Gasteiger partial charge < -0.3 is 15.2 Å². The van der Waals surface area contributed by atoms with E-state index in [1.165, 1.54) is 0 Å². The molecule has 1 aromatic rings. The lowest BCUT2D eigenvalue weighted by Gasteiger charge is -2.29. The molecule has 120 valence electrons. The van der Waals surface area contributed by atoms with Crippen LogP contribution in [0.4, 0.5) is 0 Å². The van der Waals surface area contributed by atoms with Gasteiger partial charge in [-0.1, -0.05) is 31.7 Å². The first-order valence-corrected chi connectivity index (χ1v) is 7.69. The van der Waals surface area contributed by atoms with E-state index in [1.807, 2.05) is 6.92 Å². The largest absolute Gasteiger partial charge is 0.496 e. The molecule has 5 heteroatoms. The molecule has 0 spiro atoms. The van der Waals surface area contributed by atoms with E-state index in [0.29, 0.717) is 24.2 Å². The molecular formula is C17H23NO4. The van der Waals surface area contributed by atoms with Crippen molar-refractivity contribution in [3.8, 4) is 5.75 Å².